The minimum absolute atomic E-state index is 0.0603. The molecule has 9 nitrogen and oxygen atoms in total. The third-order valence-electron chi connectivity index (χ3n) is 6.90. The molecule has 34 heavy (non-hydrogen) atoms. The normalized spacial score (nSPS) is 23.3. The summed E-state index contributed by atoms with van der Waals surface area (Å²) >= 11 is 0. The number of nitrogens with one attached hydrogen (secondary N) is 2. The van der Waals surface area contributed by atoms with Crippen LogP contribution in [0.2, 0.25) is 0 Å². The summed E-state index contributed by atoms with van der Waals surface area (Å²) in [6.07, 6.45) is 1.74. The Balaban J connectivity index is 1.34. The van der Waals surface area contributed by atoms with E-state index in [2.05, 4.69) is 10.6 Å². The van der Waals surface area contributed by atoms with Gasteiger partial charge in [0.2, 0.25) is 11.5 Å². The number of likely N-dealkylation sites (tertiary alicyclic amines) is 1. The van der Waals surface area contributed by atoms with E-state index < -0.39 is 17.6 Å². The lowest BCUT2D eigenvalue weighted by molar-refractivity contribution is -0.142. The number of amides is 5. The SMILES string of the molecule is CNC(=O)Nc1ccc2c(c1)CC[C@@]21OC(=O)N(CC(=O)N2CCC[C@H]2c2ccccc2)C1=O. The number of aryl methyl sites for hydroxylation is 1. The van der Waals surface area contributed by atoms with Crippen LogP contribution in [0, 0.1) is 0 Å². The van der Waals surface area contributed by atoms with Gasteiger partial charge in [-0.1, -0.05) is 36.4 Å². The van der Waals surface area contributed by atoms with Gasteiger partial charge in [-0.05, 0) is 42.5 Å². The van der Waals surface area contributed by atoms with E-state index in [4.69, 9.17) is 4.74 Å². The molecule has 0 unspecified atom stereocenters. The molecule has 2 fully saturated rings. The highest BCUT2D eigenvalue weighted by Gasteiger charge is 2.58. The molecule has 3 aliphatic rings. The number of imide groups is 1. The van der Waals surface area contributed by atoms with Crippen LogP contribution in [0.4, 0.5) is 15.3 Å². The summed E-state index contributed by atoms with van der Waals surface area (Å²) in [5.74, 6) is -0.774. The number of rotatable bonds is 4. The van der Waals surface area contributed by atoms with Crippen LogP contribution in [0.15, 0.2) is 48.5 Å². The van der Waals surface area contributed by atoms with Crippen LogP contribution in [-0.2, 0) is 26.3 Å². The third kappa shape index (κ3) is 3.57. The number of ether oxygens (including phenoxy) is 1. The van der Waals surface area contributed by atoms with Gasteiger partial charge in [-0.15, -0.1) is 0 Å². The van der Waals surface area contributed by atoms with Crippen LogP contribution in [-0.4, -0.2) is 53.9 Å². The van der Waals surface area contributed by atoms with E-state index in [9.17, 15) is 19.2 Å². The van der Waals surface area contributed by atoms with Crippen molar-refractivity contribution in [2.45, 2.75) is 37.3 Å². The average molecular weight is 463 g/mol. The van der Waals surface area contributed by atoms with Crippen molar-refractivity contribution >= 4 is 29.6 Å². The average Bonchev–Trinajstić information content (AvgIpc) is 3.53. The molecule has 1 aliphatic carbocycles. The molecule has 2 heterocycles. The summed E-state index contributed by atoms with van der Waals surface area (Å²) in [6.45, 7) is 0.249. The van der Waals surface area contributed by atoms with Crippen molar-refractivity contribution in [3.05, 3.63) is 65.2 Å². The third-order valence-corrected chi connectivity index (χ3v) is 6.90. The highest BCUT2D eigenvalue weighted by molar-refractivity contribution is 6.06. The van der Waals surface area contributed by atoms with Gasteiger partial charge in [-0.2, -0.15) is 0 Å². The molecule has 2 N–H and O–H groups in total. The molecule has 5 amide bonds. The highest BCUT2D eigenvalue weighted by atomic mass is 16.6. The summed E-state index contributed by atoms with van der Waals surface area (Å²) in [6, 6.07) is 14.5. The smallest absolute Gasteiger partial charge is 0.418 e. The lowest BCUT2D eigenvalue weighted by Gasteiger charge is -2.26. The maximum atomic E-state index is 13.4. The van der Waals surface area contributed by atoms with Crippen LogP contribution in [0.1, 0.15) is 42.0 Å². The van der Waals surface area contributed by atoms with Gasteiger partial charge in [0.1, 0.15) is 6.54 Å². The second-order valence-corrected chi connectivity index (χ2v) is 8.82. The number of carbonyl (C=O) groups excluding carboxylic acids is 4. The van der Waals surface area contributed by atoms with Crippen molar-refractivity contribution < 1.29 is 23.9 Å². The van der Waals surface area contributed by atoms with E-state index in [-0.39, 0.29) is 24.5 Å². The van der Waals surface area contributed by atoms with E-state index in [1.165, 1.54) is 7.05 Å². The first-order chi connectivity index (χ1) is 16.4. The number of hydrogen-bond donors (Lipinski definition) is 2. The first-order valence-electron chi connectivity index (χ1n) is 11.4. The molecule has 0 radical (unpaired) electrons. The summed E-state index contributed by atoms with van der Waals surface area (Å²) in [5.41, 5.74) is 1.65. The van der Waals surface area contributed by atoms with Gasteiger partial charge in [0.25, 0.3) is 5.91 Å². The number of benzene rings is 2. The van der Waals surface area contributed by atoms with Gasteiger partial charge in [0.15, 0.2) is 0 Å². The molecule has 2 saturated heterocycles. The molecule has 5 rings (SSSR count). The Labute approximate surface area is 197 Å². The van der Waals surface area contributed by atoms with E-state index in [0.717, 1.165) is 28.9 Å². The topological polar surface area (TPSA) is 108 Å². The first-order valence-corrected chi connectivity index (χ1v) is 11.4. The largest absolute Gasteiger partial charge is 0.427 e. The fourth-order valence-electron chi connectivity index (χ4n) is 5.24. The zero-order valence-electron chi connectivity index (χ0n) is 18.9. The van der Waals surface area contributed by atoms with Gasteiger partial charge < -0.3 is 20.3 Å². The van der Waals surface area contributed by atoms with E-state index in [1.54, 1.807) is 23.1 Å². The molecule has 2 aromatic carbocycles. The number of nitrogens with zero attached hydrogens (tertiary/aromatic N) is 2. The Morgan fingerprint density at radius 2 is 1.94 bits per heavy atom. The van der Waals surface area contributed by atoms with Crippen LogP contribution >= 0.6 is 0 Å². The predicted molar refractivity (Wildman–Crippen MR) is 123 cm³/mol. The Kier molecular flexibility index (Phi) is 5.47. The first kappa shape index (κ1) is 21.9. The van der Waals surface area contributed by atoms with Crippen LogP contribution in [0.5, 0.6) is 0 Å². The molecule has 2 atom stereocenters. The minimum atomic E-state index is -1.41. The number of fused-ring (bicyclic) bond motifs is 2. The lowest BCUT2D eigenvalue weighted by Crippen LogP contribution is -2.44. The lowest BCUT2D eigenvalue weighted by atomic mass is 9.94. The van der Waals surface area contributed by atoms with E-state index in [0.29, 0.717) is 30.6 Å². The second kappa shape index (κ2) is 8.48. The van der Waals surface area contributed by atoms with Gasteiger partial charge in [-0.25, -0.2) is 14.5 Å². The van der Waals surface area contributed by atoms with Crippen molar-refractivity contribution in [2.24, 2.45) is 0 Å². The Morgan fingerprint density at radius 1 is 1.15 bits per heavy atom. The minimum Gasteiger partial charge on any atom is -0.427 e. The number of urea groups is 1. The summed E-state index contributed by atoms with van der Waals surface area (Å²) in [7, 11) is 1.52. The van der Waals surface area contributed by atoms with Gasteiger partial charge >= 0.3 is 12.1 Å². The van der Waals surface area contributed by atoms with Crippen molar-refractivity contribution in [2.75, 3.05) is 25.5 Å². The fraction of sp³-hybridized carbons (Fsp3) is 0.360. The van der Waals surface area contributed by atoms with Gasteiger partial charge in [0.05, 0.1) is 6.04 Å². The van der Waals surface area contributed by atoms with Gasteiger partial charge in [0, 0.05) is 31.3 Å². The number of anilines is 1. The fourth-order valence-corrected chi connectivity index (χ4v) is 5.24. The van der Waals surface area contributed by atoms with E-state index in [1.807, 2.05) is 30.3 Å². The molecule has 0 bridgehead atoms. The quantitative estimate of drug-likeness (QED) is 0.726. The van der Waals surface area contributed by atoms with Crippen LogP contribution < -0.4 is 10.6 Å². The standard InChI is InChI=1S/C25H26N4O5/c1-26-23(32)27-18-9-10-19-17(14-18)11-12-25(19)22(31)29(24(33)34-25)15-21(30)28-13-5-8-20(28)16-6-3-2-4-7-16/h2-4,6-7,9-10,14,20H,5,8,11-13,15H2,1H3,(H2,26,27,32)/t20-,25+/m0/s1. The molecule has 0 aromatic heterocycles. The van der Waals surface area contributed by atoms with Crippen molar-refractivity contribution in [1.82, 2.24) is 15.1 Å². The predicted octanol–water partition coefficient (Wildman–Crippen LogP) is 2.92. The Bertz CT molecular complexity index is 1170. The monoisotopic (exact) mass is 462 g/mol. The van der Waals surface area contributed by atoms with Crippen LogP contribution in [0.25, 0.3) is 0 Å². The van der Waals surface area contributed by atoms with Gasteiger partial charge in [-0.3, -0.25) is 9.59 Å². The molecule has 2 aliphatic heterocycles. The zero-order chi connectivity index (χ0) is 23.9. The highest BCUT2D eigenvalue weighted by Crippen LogP contribution is 2.46. The van der Waals surface area contributed by atoms with Crippen molar-refractivity contribution in [1.29, 1.82) is 0 Å². The molecule has 1 spiro atoms. The zero-order valence-corrected chi connectivity index (χ0v) is 18.9. The van der Waals surface area contributed by atoms with Crippen molar-refractivity contribution in [3.63, 3.8) is 0 Å². The van der Waals surface area contributed by atoms with Crippen molar-refractivity contribution in [3.8, 4) is 0 Å². The summed E-state index contributed by atoms with van der Waals surface area (Å²) in [5, 5.41) is 5.19. The maximum Gasteiger partial charge on any atom is 0.418 e. The molecule has 176 valence electrons. The molecule has 2 aromatic rings. The number of hydrogen-bond acceptors (Lipinski definition) is 5. The van der Waals surface area contributed by atoms with E-state index >= 15 is 0 Å². The molecular formula is C25H26N4O5. The molecule has 0 saturated carbocycles. The summed E-state index contributed by atoms with van der Waals surface area (Å²) in [4.78, 5) is 53.7. The number of carbonyl (C=O) groups is 4. The second-order valence-electron chi connectivity index (χ2n) is 8.82. The Morgan fingerprint density at radius 3 is 2.71 bits per heavy atom. The Hall–Kier alpha value is -3.88. The maximum absolute atomic E-state index is 13.4. The molecule has 9 heteroatoms. The summed E-state index contributed by atoms with van der Waals surface area (Å²) < 4.78 is 5.65. The van der Waals surface area contributed by atoms with Crippen LogP contribution in [0.3, 0.4) is 0 Å². The molecular weight excluding hydrogens is 436 g/mol.